The van der Waals surface area contributed by atoms with Crippen LogP contribution >= 0.6 is 15.9 Å². The number of rotatable bonds is 6. The molecule has 1 heterocycles. The molecule has 1 aromatic carbocycles. The molecule has 2 N–H and O–H groups in total. The van der Waals surface area contributed by atoms with Crippen LogP contribution in [0.2, 0.25) is 0 Å². The van der Waals surface area contributed by atoms with E-state index in [-0.39, 0.29) is 6.04 Å². The van der Waals surface area contributed by atoms with Crippen molar-refractivity contribution in [3.63, 3.8) is 0 Å². The average Bonchev–Trinajstić information content (AvgIpc) is 2.44. The van der Waals surface area contributed by atoms with Gasteiger partial charge in [0.15, 0.2) is 0 Å². The van der Waals surface area contributed by atoms with Crippen LogP contribution in [0, 0.1) is 0 Å². The lowest BCUT2D eigenvalue weighted by atomic mass is 10.1. The van der Waals surface area contributed by atoms with Gasteiger partial charge in [-0.1, -0.05) is 30.3 Å². The summed E-state index contributed by atoms with van der Waals surface area (Å²) >= 11 is 3.48. The molecular formula is C15H19BrN4. The van der Waals surface area contributed by atoms with Crippen molar-refractivity contribution in [1.29, 1.82) is 0 Å². The van der Waals surface area contributed by atoms with Crippen LogP contribution < -0.4 is 10.6 Å². The van der Waals surface area contributed by atoms with Crippen molar-refractivity contribution in [2.45, 2.75) is 26.3 Å². The molecule has 4 nitrogen and oxygen atoms in total. The summed E-state index contributed by atoms with van der Waals surface area (Å²) in [6.07, 6.45) is 2.72. The number of benzene rings is 1. The van der Waals surface area contributed by atoms with Crippen molar-refractivity contribution in [3.8, 4) is 0 Å². The van der Waals surface area contributed by atoms with Crippen molar-refractivity contribution in [3.05, 3.63) is 46.6 Å². The lowest BCUT2D eigenvalue weighted by Gasteiger charge is -2.16. The fourth-order valence-electron chi connectivity index (χ4n) is 1.96. The molecule has 2 rings (SSSR count). The summed E-state index contributed by atoms with van der Waals surface area (Å²) < 4.78 is 0.874. The highest BCUT2D eigenvalue weighted by atomic mass is 79.9. The van der Waals surface area contributed by atoms with E-state index in [4.69, 9.17) is 0 Å². The SMILES string of the molecule is CCNc1ncc(Br)c(NC(C)Cc2ccccc2)n1. The second-order valence-electron chi connectivity index (χ2n) is 4.66. The van der Waals surface area contributed by atoms with E-state index in [1.54, 1.807) is 6.20 Å². The standard InChI is InChI=1S/C15H19BrN4/c1-3-17-15-18-10-13(16)14(20-15)19-11(2)9-12-7-5-4-6-8-12/h4-8,10-11H,3,9H2,1-2H3,(H2,17,18,19,20). The van der Waals surface area contributed by atoms with Gasteiger partial charge in [-0.15, -0.1) is 0 Å². The highest BCUT2D eigenvalue weighted by molar-refractivity contribution is 9.10. The number of aromatic nitrogens is 2. The molecule has 1 aromatic heterocycles. The van der Waals surface area contributed by atoms with Gasteiger partial charge in [-0.2, -0.15) is 4.98 Å². The molecule has 0 aliphatic heterocycles. The minimum Gasteiger partial charge on any atom is -0.366 e. The van der Waals surface area contributed by atoms with E-state index >= 15 is 0 Å². The number of nitrogens with one attached hydrogen (secondary N) is 2. The Bertz CT molecular complexity index is 545. The smallest absolute Gasteiger partial charge is 0.224 e. The van der Waals surface area contributed by atoms with E-state index in [1.165, 1.54) is 5.56 Å². The van der Waals surface area contributed by atoms with E-state index in [0.29, 0.717) is 5.95 Å². The number of hydrogen-bond donors (Lipinski definition) is 2. The Morgan fingerprint density at radius 1 is 1.25 bits per heavy atom. The summed E-state index contributed by atoms with van der Waals surface area (Å²) in [5.74, 6) is 1.46. The monoisotopic (exact) mass is 334 g/mol. The zero-order valence-corrected chi connectivity index (χ0v) is 13.3. The lowest BCUT2D eigenvalue weighted by Crippen LogP contribution is -2.19. The third-order valence-electron chi connectivity index (χ3n) is 2.85. The Morgan fingerprint density at radius 3 is 2.70 bits per heavy atom. The predicted octanol–water partition coefficient (Wildman–Crippen LogP) is 3.71. The third-order valence-corrected chi connectivity index (χ3v) is 3.43. The first-order valence-corrected chi connectivity index (χ1v) is 7.55. The van der Waals surface area contributed by atoms with Gasteiger partial charge < -0.3 is 10.6 Å². The second-order valence-corrected chi connectivity index (χ2v) is 5.51. The van der Waals surface area contributed by atoms with Crippen molar-refractivity contribution in [2.75, 3.05) is 17.2 Å². The predicted molar refractivity (Wildman–Crippen MR) is 87.1 cm³/mol. The molecular weight excluding hydrogens is 316 g/mol. The van der Waals surface area contributed by atoms with Crippen molar-refractivity contribution in [1.82, 2.24) is 9.97 Å². The summed E-state index contributed by atoms with van der Waals surface area (Å²) in [5, 5.41) is 6.53. The molecule has 0 bridgehead atoms. The fraction of sp³-hybridized carbons (Fsp3) is 0.333. The summed E-state index contributed by atoms with van der Waals surface area (Å²) in [6.45, 7) is 4.98. The first kappa shape index (κ1) is 14.8. The molecule has 0 aliphatic rings. The number of nitrogens with zero attached hydrogens (tertiary/aromatic N) is 2. The molecule has 1 atom stereocenters. The molecule has 0 aliphatic carbocycles. The molecule has 5 heteroatoms. The van der Waals surface area contributed by atoms with E-state index in [9.17, 15) is 0 Å². The van der Waals surface area contributed by atoms with Gasteiger partial charge in [0.2, 0.25) is 5.95 Å². The largest absolute Gasteiger partial charge is 0.366 e. The topological polar surface area (TPSA) is 49.8 Å². The maximum absolute atomic E-state index is 4.46. The fourth-order valence-corrected chi connectivity index (χ4v) is 2.27. The quantitative estimate of drug-likeness (QED) is 0.845. The van der Waals surface area contributed by atoms with Crippen molar-refractivity contribution >= 4 is 27.7 Å². The molecule has 0 amide bonds. The summed E-state index contributed by atoms with van der Waals surface area (Å²) in [5.41, 5.74) is 1.31. The van der Waals surface area contributed by atoms with Gasteiger partial charge in [-0.3, -0.25) is 0 Å². The summed E-state index contributed by atoms with van der Waals surface area (Å²) in [4.78, 5) is 8.67. The van der Waals surface area contributed by atoms with Gasteiger partial charge in [0.25, 0.3) is 0 Å². The maximum atomic E-state index is 4.46. The van der Waals surface area contributed by atoms with Gasteiger partial charge in [0.05, 0.1) is 4.47 Å². The van der Waals surface area contributed by atoms with E-state index in [1.807, 2.05) is 13.0 Å². The Morgan fingerprint density at radius 2 is 2.00 bits per heavy atom. The molecule has 1 unspecified atom stereocenters. The second kappa shape index (κ2) is 7.24. The molecule has 106 valence electrons. The Hall–Kier alpha value is -1.62. The first-order chi connectivity index (χ1) is 9.69. The highest BCUT2D eigenvalue weighted by Gasteiger charge is 2.09. The minimum absolute atomic E-state index is 0.290. The van der Waals surface area contributed by atoms with E-state index in [0.717, 1.165) is 23.3 Å². The van der Waals surface area contributed by atoms with Crippen LogP contribution in [-0.2, 0) is 6.42 Å². The Labute approximate surface area is 128 Å². The molecule has 2 aromatic rings. The van der Waals surface area contributed by atoms with Crippen molar-refractivity contribution in [2.24, 2.45) is 0 Å². The van der Waals surface area contributed by atoms with Gasteiger partial charge in [0, 0.05) is 18.8 Å². The summed E-state index contributed by atoms with van der Waals surface area (Å²) in [7, 11) is 0. The molecule has 0 radical (unpaired) electrons. The van der Waals surface area contributed by atoms with Gasteiger partial charge in [-0.25, -0.2) is 4.98 Å². The lowest BCUT2D eigenvalue weighted by molar-refractivity contribution is 0.782. The normalized spacial score (nSPS) is 11.9. The van der Waals surface area contributed by atoms with Crippen LogP contribution in [0.25, 0.3) is 0 Å². The average molecular weight is 335 g/mol. The van der Waals surface area contributed by atoms with Crippen LogP contribution in [0.1, 0.15) is 19.4 Å². The molecule has 0 saturated heterocycles. The van der Waals surface area contributed by atoms with Crippen LogP contribution in [0.3, 0.4) is 0 Å². The Balaban J connectivity index is 2.03. The van der Waals surface area contributed by atoms with Gasteiger partial charge in [0.1, 0.15) is 5.82 Å². The summed E-state index contributed by atoms with van der Waals surface area (Å²) in [6, 6.07) is 10.7. The zero-order chi connectivity index (χ0) is 14.4. The molecule has 20 heavy (non-hydrogen) atoms. The van der Waals surface area contributed by atoms with Gasteiger partial charge in [-0.05, 0) is 41.8 Å². The molecule has 0 spiro atoms. The van der Waals surface area contributed by atoms with Crippen LogP contribution in [0.15, 0.2) is 41.0 Å². The highest BCUT2D eigenvalue weighted by Crippen LogP contribution is 2.21. The number of anilines is 2. The van der Waals surface area contributed by atoms with E-state index < -0.39 is 0 Å². The Kier molecular flexibility index (Phi) is 5.35. The maximum Gasteiger partial charge on any atom is 0.224 e. The van der Waals surface area contributed by atoms with E-state index in [2.05, 4.69) is 67.7 Å². The zero-order valence-electron chi connectivity index (χ0n) is 11.7. The molecule has 0 saturated carbocycles. The van der Waals surface area contributed by atoms with Gasteiger partial charge >= 0.3 is 0 Å². The van der Waals surface area contributed by atoms with Crippen molar-refractivity contribution < 1.29 is 0 Å². The number of halogens is 1. The minimum atomic E-state index is 0.290. The third kappa shape index (κ3) is 4.20. The first-order valence-electron chi connectivity index (χ1n) is 6.76. The molecule has 0 fully saturated rings. The van der Waals surface area contributed by atoms with Crippen LogP contribution in [0.5, 0.6) is 0 Å². The van der Waals surface area contributed by atoms with Crippen LogP contribution in [-0.4, -0.2) is 22.6 Å². The van der Waals surface area contributed by atoms with Crippen LogP contribution in [0.4, 0.5) is 11.8 Å². The number of hydrogen-bond acceptors (Lipinski definition) is 4.